The van der Waals surface area contributed by atoms with E-state index in [0.717, 1.165) is 60.2 Å². The predicted octanol–water partition coefficient (Wildman–Crippen LogP) is 13.2. The molecule has 0 amide bonds. The summed E-state index contributed by atoms with van der Waals surface area (Å²) < 4.78 is 15.6. The molecule has 47 heavy (non-hydrogen) atoms. The van der Waals surface area contributed by atoms with Crippen LogP contribution in [0.1, 0.15) is 1.37 Å². The van der Waals surface area contributed by atoms with Gasteiger partial charge in [-0.1, -0.05) is 146 Å². The van der Waals surface area contributed by atoms with Crippen molar-refractivity contribution in [2.45, 2.75) is 0 Å². The average Bonchev–Trinajstić information content (AvgIpc) is 3.53. The number of hydrogen-bond acceptors (Lipinski definition) is 1. The first-order valence-electron chi connectivity index (χ1n) is 16.6. The van der Waals surface area contributed by atoms with Crippen LogP contribution in [0.3, 0.4) is 0 Å². The molecule has 0 aliphatic rings. The highest BCUT2D eigenvalue weighted by Crippen LogP contribution is 2.47. The van der Waals surface area contributed by atoms with Gasteiger partial charge in [-0.2, -0.15) is 0 Å². The van der Waals surface area contributed by atoms with Crippen molar-refractivity contribution in [3.8, 4) is 33.4 Å². The maximum absolute atomic E-state index is 9.02. The first-order chi connectivity index (χ1) is 23.8. The third-order valence-electron chi connectivity index (χ3n) is 9.71. The topological polar surface area (TPSA) is 13.1 Å². The minimum Gasteiger partial charge on any atom is -0.456 e. The van der Waals surface area contributed by atoms with Crippen LogP contribution in [0.25, 0.3) is 98.4 Å². The Kier molecular flexibility index (Phi) is 5.42. The molecular weight excluding hydrogens is 569 g/mol. The molecule has 1 heteroatoms. The summed E-state index contributed by atoms with van der Waals surface area (Å²) in [7, 11) is 0. The molecule has 218 valence electrons. The number of furan rings is 1. The van der Waals surface area contributed by atoms with E-state index in [1.807, 2.05) is 12.1 Å². The van der Waals surface area contributed by atoms with Crippen molar-refractivity contribution in [1.82, 2.24) is 0 Å². The van der Waals surface area contributed by atoms with Crippen molar-refractivity contribution in [2.24, 2.45) is 0 Å². The van der Waals surface area contributed by atoms with Crippen molar-refractivity contribution in [2.75, 3.05) is 0 Å². The standard InChI is InChI=1S/C46H28O/c1-2-13-29(14-3-1)43-35-19-8-10-21-37(35)45(38-22-11-9-20-36(38)43)39-23-12-24-42-46(39)40-28-32(25-26-41(40)47-42)44-33-17-6-4-15-30(33)27-31-16-5-7-18-34(31)44/h1-28H/i27D. The Morgan fingerprint density at radius 1 is 0.362 bits per heavy atom. The van der Waals surface area contributed by atoms with E-state index in [9.17, 15) is 0 Å². The lowest BCUT2D eigenvalue weighted by molar-refractivity contribution is 0.669. The molecule has 0 N–H and O–H groups in total. The average molecular weight is 598 g/mol. The monoisotopic (exact) mass is 597 g/mol. The van der Waals surface area contributed by atoms with Crippen LogP contribution in [0.2, 0.25) is 0 Å². The van der Waals surface area contributed by atoms with Crippen LogP contribution in [-0.4, -0.2) is 0 Å². The van der Waals surface area contributed by atoms with Gasteiger partial charge in [-0.05, 0) is 101 Å². The molecule has 0 atom stereocenters. The molecule has 1 nitrogen and oxygen atoms in total. The summed E-state index contributed by atoms with van der Waals surface area (Å²) >= 11 is 0. The second kappa shape index (κ2) is 10.2. The lowest BCUT2D eigenvalue weighted by Gasteiger charge is -2.18. The van der Waals surface area contributed by atoms with Gasteiger partial charge in [0.05, 0.1) is 1.37 Å². The molecule has 0 spiro atoms. The van der Waals surface area contributed by atoms with Crippen molar-refractivity contribution in [3.63, 3.8) is 0 Å². The minimum absolute atomic E-state index is 0.569. The number of rotatable bonds is 3. The van der Waals surface area contributed by atoms with Gasteiger partial charge in [0.2, 0.25) is 0 Å². The fraction of sp³-hybridized carbons (Fsp3) is 0. The van der Waals surface area contributed by atoms with Crippen LogP contribution < -0.4 is 0 Å². The van der Waals surface area contributed by atoms with Gasteiger partial charge in [-0.3, -0.25) is 0 Å². The van der Waals surface area contributed by atoms with E-state index >= 15 is 0 Å². The second-order valence-electron chi connectivity index (χ2n) is 12.3. The zero-order valence-electron chi connectivity index (χ0n) is 26.5. The molecule has 1 aromatic heterocycles. The van der Waals surface area contributed by atoms with Crippen molar-refractivity contribution < 1.29 is 5.79 Å². The third kappa shape index (κ3) is 3.90. The summed E-state index contributed by atoms with van der Waals surface area (Å²) in [5.41, 5.74) is 8.84. The molecule has 0 aliphatic heterocycles. The molecule has 0 saturated carbocycles. The largest absolute Gasteiger partial charge is 0.456 e. The van der Waals surface area contributed by atoms with E-state index in [2.05, 4.69) is 152 Å². The second-order valence-corrected chi connectivity index (χ2v) is 12.3. The Hall–Kier alpha value is -6.18. The Morgan fingerprint density at radius 2 is 0.894 bits per heavy atom. The fourth-order valence-electron chi connectivity index (χ4n) is 7.75. The maximum Gasteiger partial charge on any atom is 0.136 e. The molecule has 0 unspecified atom stereocenters. The lowest BCUT2D eigenvalue weighted by atomic mass is 9.85. The Balaban J connectivity index is 1.32. The first-order valence-corrected chi connectivity index (χ1v) is 16.1. The van der Waals surface area contributed by atoms with Crippen LogP contribution in [0.4, 0.5) is 0 Å². The summed E-state index contributed by atoms with van der Waals surface area (Å²) in [6, 6.07) is 58.5. The van der Waals surface area contributed by atoms with Crippen molar-refractivity contribution in [3.05, 3.63) is 170 Å². The van der Waals surface area contributed by atoms with Gasteiger partial charge < -0.3 is 4.42 Å². The predicted molar refractivity (Wildman–Crippen MR) is 200 cm³/mol. The van der Waals surface area contributed by atoms with Crippen LogP contribution >= 0.6 is 0 Å². The molecular formula is C46H28O. The third-order valence-corrected chi connectivity index (χ3v) is 9.71. The van der Waals surface area contributed by atoms with Gasteiger partial charge in [0.25, 0.3) is 0 Å². The number of hydrogen-bond donors (Lipinski definition) is 0. The highest BCUT2D eigenvalue weighted by Gasteiger charge is 2.21. The zero-order chi connectivity index (χ0) is 31.8. The highest BCUT2D eigenvalue weighted by molar-refractivity contribution is 6.26. The van der Waals surface area contributed by atoms with Gasteiger partial charge >= 0.3 is 0 Å². The quantitative estimate of drug-likeness (QED) is 0.185. The zero-order valence-corrected chi connectivity index (χ0v) is 25.5. The molecule has 0 fully saturated rings. The molecule has 9 aromatic carbocycles. The molecule has 10 rings (SSSR count). The smallest absolute Gasteiger partial charge is 0.136 e. The van der Waals surface area contributed by atoms with Crippen LogP contribution in [0.15, 0.2) is 174 Å². The van der Waals surface area contributed by atoms with E-state index < -0.39 is 0 Å². The highest BCUT2D eigenvalue weighted by atomic mass is 16.3. The molecule has 10 aromatic rings. The Bertz CT molecular complexity index is 2780. The van der Waals surface area contributed by atoms with Gasteiger partial charge in [-0.15, -0.1) is 0 Å². The molecule has 0 aliphatic carbocycles. The SMILES string of the molecule is [2H]c1c2ccccc2c(-c2ccc3oc4cccc(-c5c6ccccc6c(-c6ccccc6)c6ccccc56)c4c3c2)c2ccccc12. The van der Waals surface area contributed by atoms with Gasteiger partial charge in [0.15, 0.2) is 0 Å². The van der Waals surface area contributed by atoms with Crippen molar-refractivity contribution >= 4 is 65.0 Å². The summed E-state index contributed by atoms with van der Waals surface area (Å²) in [6.07, 6.45) is 0. The van der Waals surface area contributed by atoms with E-state index in [1.54, 1.807) is 0 Å². The van der Waals surface area contributed by atoms with E-state index in [-0.39, 0.29) is 0 Å². The Morgan fingerprint density at radius 3 is 1.53 bits per heavy atom. The number of fused-ring (bicyclic) bond motifs is 7. The summed E-state index contributed by atoms with van der Waals surface area (Å²) in [4.78, 5) is 0. The van der Waals surface area contributed by atoms with Gasteiger partial charge in [0.1, 0.15) is 11.2 Å². The van der Waals surface area contributed by atoms with E-state index in [1.165, 1.54) is 38.2 Å². The van der Waals surface area contributed by atoms with Crippen molar-refractivity contribution in [1.29, 1.82) is 0 Å². The van der Waals surface area contributed by atoms with Gasteiger partial charge in [-0.25, -0.2) is 0 Å². The summed E-state index contributed by atoms with van der Waals surface area (Å²) in [5, 5.41) is 11.2. The fourth-order valence-corrected chi connectivity index (χ4v) is 7.75. The first kappa shape index (κ1) is 25.1. The van der Waals surface area contributed by atoms with E-state index in [4.69, 9.17) is 5.79 Å². The summed E-state index contributed by atoms with van der Waals surface area (Å²) in [5.74, 6) is 0. The van der Waals surface area contributed by atoms with Crippen LogP contribution in [-0.2, 0) is 0 Å². The molecule has 0 bridgehead atoms. The van der Waals surface area contributed by atoms with E-state index in [0.29, 0.717) is 6.04 Å². The summed E-state index contributed by atoms with van der Waals surface area (Å²) in [6.45, 7) is 0. The lowest BCUT2D eigenvalue weighted by Crippen LogP contribution is -1.91. The number of benzene rings is 9. The Labute approximate surface area is 273 Å². The van der Waals surface area contributed by atoms with Crippen LogP contribution in [0.5, 0.6) is 0 Å². The van der Waals surface area contributed by atoms with Gasteiger partial charge in [0, 0.05) is 10.8 Å². The molecule has 1 heterocycles. The molecule has 0 saturated heterocycles. The maximum atomic E-state index is 9.02. The normalized spacial score (nSPS) is 12.1. The molecule has 0 radical (unpaired) electrons. The van der Waals surface area contributed by atoms with Crippen LogP contribution in [0, 0.1) is 0 Å². The minimum atomic E-state index is 0.569.